The summed E-state index contributed by atoms with van der Waals surface area (Å²) in [6, 6.07) is 9.39. The molecule has 2 fully saturated rings. The van der Waals surface area contributed by atoms with Crippen LogP contribution in [0.25, 0.3) is 0 Å². The minimum atomic E-state index is -0.992. The van der Waals surface area contributed by atoms with Crippen LogP contribution < -0.4 is 20.1 Å². The quantitative estimate of drug-likeness (QED) is 0.615. The maximum atomic E-state index is 13.5. The maximum absolute atomic E-state index is 13.5. The van der Waals surface area contributed by atoms with Gasteiger partial charge < -0.3 is 25.0 Å². The molecule has 2 aliphatic rings. The number of hydrogen-bond acceptors (Lipinski definition) is 4. The molecule has 2 amide bonds. The Kier molecular flexibility index (Phi) is 6.98. The van der Waals surface area contributed by atoms with Gasteiger partial charge in [-0.1, -0.05) is 6.07 Å². The number of amides is 2. The van der Waals surface area contributed by atoms with Crippen LogP contribution >= 0.6 is 0 Å². The fraction of sp³-hybridized carbons (Fsp3) is 0.500. The molecule has 2 N–H and O–H groups in total. The number of ether oxygens (including phenoxy) is 2. The Morgan fingerprint density at radius 3 is 2.62 bits per heavy atom. The number of carbonyl (C=O) groups is 1. The Balaban J connectivity index is 1.49. The van der Waals surface area contributed by atoms with E-state index in [9.17, 15) is 13.6 Å². The lowest BCUT2D eigenvalue weighted by Crippen LogP contribution is -2.52. The lowest BCUT2D eigenvalue weighted by Gasteiger charge is -2.45. The predicted octanol–water partition coefficient (Wildman–Crippen LogP) is 5.08. The van der Waals surface area contributed by atoms with Gasteiger partial charge in [-0.15, -0.1) is 0 Å². The highest BCUT2D eigenvalue weighted by Gasteiger charge is 2.50. The number of anilines is 1. The van der Waals surface area contributed by atoms with Crippen LogP contribution in [0.15, 0.2) is 36.4 Å². The number of methoxy groups -OCH3 is 1. The maximum Gasteiger partial charge on any atom is 0.319 e. The molecule has 8 heteroatoms. The minimum Gasteiger partial charge on any atom is -0.493 e. The van der Waals surface area contributed by atoms with Gasteiger partial charge in [0.2, 0.25) is 0 Å². The SMILES string of the molecule is COc1ccc([C@@]23CC[C@H](NC(=O)Nc4ccc(F)c(F)c4)C[C@H]2N(C)CC3)cc1OC(C)C. The molecule has 3 atom stereocenters. The van der Waals surface area contributed by atoms with Gasteiger partial charge in [0.05, 0.1) is 13.2 Å². The first-order valence-electron chi connectivity index (χ1n) is 11.8. The number of halogens is 2. The van der Waals surface area contributed by atoms with Gasteiger partial charge in [0, 0.05) is 29.3 Å². The topological polar surface area (TPSA) is 62.8 Å². The van der Waals surface area contributed by atoms with E-state index < -0.39 is 17.7 Å². The van der Waals surface area contributed by atoms with E-state index in [0.717, 1.165) is 55.9 Å². The fourth-order valence-electron chi connectivity index (χ4n) is 5.51. The highest BCUT2D eigenvalue weighted by atomic mass is 19.2. The Morgan fingerprint density at radius 2 is 1.91 bits per heavy atom. The van der Waals surface area contributed by atoms with Crippen LogP contribution in [-0.2, 0) is 5.41 Å². The number of nitrogens with zero attached hydrogens (tertiary/aromatic N) is 1. The number of urea groups is 1. The second kappa shape index (κ2) is 9.78. The van der Waals surface area contributed by atoms with Gasteiger partial charge in [-0.2, -0.15) is 0 Å². The number of carbonyl (C=O) groups excluding carboxylic acids is 1. The van der Waals surface area contributed by atoms with Crippen LogP contribution in [0.2, 0.25) is 0 Å². The number of nitrogens with one attached hydrogen (secondary N) is 2. The second-order valence-corrected chi connectivity index (χ2v) is 9.63. The molecule has 184 valence electrons. The van der Waals surface area contributed by atoms with Crippen LogP contribution in [0.1, 0.15) is 45.1 Å². The molecule has 6 nitrogen and oxygen atoms in total. The normalized spacial score (nSPS) is 24.6. The molecule has 0 aromatic heterocycles. The van der Waals surface area contributed by atoms with Crippen molar-refractivity contribution in [2.24, 2.45) is 0 Å². The van der Waals surface area contributed by atoms with Crippen molar-refractivity contribution < 1.29 is 23.0 Å². The number of hydrogen-bond donors (Lipinski definition) is 2. The summed E-state index contributed by atoms with van der Waals surface area (Å²) in [5, 5.41) is 5.63. The van der Waals surface area contributed by atoms with Crippen LogP contribution in [0.5, 0.6) is 11.5 Å². The van der Waals surface area contributed by atoms with E-state index in [-0.39, 0.29) is 29.3 Å². The summed E-state index contributed by atoms with van der Waals surface area (Å²) in [6.07, 6.45) is 3.62. The van der Waals surface area contributed by atoms with E-state index in [4.69, 9.17) is 9.47 Å². The Hall–Kier alpha value is -2.87. The molecule has 0 unspecified atom stereocenters. The molecule has 2 aromatic carbocycles. The molecule has 0 radical (unpaired) electrons. The highest BCUT2D eigenvalue weighted by molar-refractivity contribution is 5.89. The van der Waals surface area contributed by atoms with E-state index in [1.807, 2.05) is 19.9 Å². The van der Waals surface area contributed by atoms with Crippen LogP contribution in [-0.4, -0.2) is 49.8 Å². The molecule has 1 aliphatic heterocycles. The van der Waals surface area contributed by atoms with Gasteiger partial charge in [-0.25, -0.2) is 13.6 Å². The van der Waals surface area contributed by atoms with E-state index in [1.165, 1.54) is 11.6 Å². The van der Waals surface area contributed by atoms with Crippen LogP contribution in [0.4, 0.5) is 19.3 Å². The molecule has 4 rings (SSSR count). The summed E-state index contributed by atoms with van der Waals surface area (Å²) < 4.78 is 38.2. The monoisotopic (exact) mass is 473 g/mol. The Labute approximate surface area is 199 Å². The summed E-state index contributed by atoms with van der Waals surface area (Å²) in [5.41, 5.74) is 1.43. The van der Waals surface area contributed by atoms with Gasteiger partial charge in [-0.3, -0.25) is 0 Å². The molecule has 34 heavy (non-hydrogen) atoms. The zero-order chi connectivity index (χ0) is 24.5. The van der Waals surface area contributed by atoms with Gasteiger partial charge in [-0.05, 0) is 83.0 Å². The number of likely N-dealkylation sites (tertiary alicyclic amines) is 1. The standard InChI is InChI=1S/C26H33F2N3O3/c1-16(2)34-23-13-17(5-8-22(23)33-4)26-10-9-19(15-24(26)31(3)12-11-26)30-25(32)29-18-6-7-20(27)21(28)14-18/h5-8,13-14,16,19,24H,9-12,15H2,1-4H3,(H2,29,30,32)/t19-,24+,26-/m0/s1. The summed E-state index contributed by atoms with van der Waals surface area (Å²) >= 11 is 0. The predicted molar refractivity (Wildman–Crippen MR) is 128 cm³/mol. The third kappa shape index (κ3) is 4.82. The largest absolute Gasteiger partial charge is 0.493 e. The third-order valence-corrected chi connectivity index (χ3v) is 7.14. The van der Waals surface area contributed by atoms with Gasteiger partial charge in [0.25, 0.3) is 0 Å². The lowest BCUT2D eigenvalue weighted by atomic mass is 9.65. The first-order chi connectivity index (χ1) is 16.2. The number of likely N-dealkylation sites (N-methyl/N-ethyl adjacent to an activating group) is 1. The number of benzene rings is 2. The van der Waals surface area contributed by atoms with E-state index in [0.29, 0.717) is 0 Å². The smallest absolute Gasteiger partial charge is 0.319 e. The summed E-state index contributed by atoms with van der Waals surface area (Å²) in [5.74, 6) is -0.461. The van der Waals surface area contributed by atoms with Gasteiger partial charge >= 0.3 is 6.03 Å². The number of fused-ring (bicyclic) bond motifs is 1. The lowest BCUT2D eigenvalue weighted by molar-refractivity contribution is 0.155. The van der Waals surface area contributed by atoms with E-state index >= 15 is 0 Å². The van der Waals surface area contributed by atoms with Crippen molar-refractivity contribution in [3.63, 3.8) is 0 Å². The average molecular weight is 474 g/mol. The molecule has 2 aromatic rings. The molecular formula is C26H33F2N3O3. The minimum absolute atomic E-state index is 0.0198. The summed E-state index contributed by atoms with van der Waals surface area (Å²) in [7, 11) is 3.78. The van der Waals surface area contributed by atoms with Crippen molar-refractivity contribution in [1.29, 1.82) is 0 Å². The van der Waals surface area contributed by atoms with E-state index in [1.54, 1.807) is 7.11 Å². The van der Waals surface area contributed by atoms with Crippen molar-refractivity contribution in [2.75, 3.05) is 26.0 Å². The average Bonchev–Trinajstić information content (AvgIpc) is 3.13. The third-order valence-electron chi connectivity index (χ3n) is 7.14. The van der Waals surface area contributed by atoms with Crippen molar-refractivity contribution in [2.45, 2.75) is 63.1 Å². The first kappa shape index (κ1) is 24.3. The number of rotatable bonds is 6. The zero-order valence-corrected chi connectivity index (χ0v) is 20.2. The highest BCUT2D eigenvalue weighted by Crippen LogP contribution is 2.50. The molecular weight excluding hydrogens is 440 g/mol. The van der Waals surface area contributed by atoms with Gasteiger partial charge in [0.15, 0.2) is 23.1 Å². The van der Waals surface area contributed by atoms with Crippen LogP contribution in [0.3, 0.4) is 0 Å². The Morgan fingerprint density at radius 1 is 1.12 bits per heavy atom. The van der Waals surface area contributed by atoms with Crippen molar-refractivity contribution >= 4 is 11.7 Å². The molecule has 1 aliphatic carbocycles. The fourth-order valence-corrected chi connectivity index (χ4v) is 5.51. The second-order valence-electron chi connectivity index (χ2n) is 9.63. The summed E-state index contributed by atoms with van der Waals surface area (Å²) in [4.78, 5) is 14.9. The van der Waals surface area contributed by atoms with E-state index in [2.05, 4.69) is 34.7 Å². The summed E-state index contributed by atoms with van der Waals surface area (Å²) in [6.45, 7) is 4.97. The first-order valence-corrected chi connectivity index (χ1v) is 11.8. The van der Waals surface area contributed by atoms with Crippen molar-refractivity contribution in [3.05, 3.63) is 53.6 Å². The van der Waals surface area contributed by atoms with Crippen molar-refractivity contribution in [1.82, 2.24) is 10.2 Å². The molecule has 1 saturated carbocycles. The Bertz CT molecular complexity index is 1050. The van der Waals surface area contributed by atoms with Crippen LogP contribution in [0, 0.1) is 11.6 Å². The molecule has 1 saturated heterocycles. The molecule has 0 spiro atoms. The van der Waals surface area contributed by atoms with Gasteiger partial charge in [0.1, 0.15) is 0 Å². The van der Waals surface area contributed by atoms with Crippen molar-refractivity contribution in [3.8, 4) is 11.5 Å². The zero-order valence-electron chi connectivity index (χ0n) is 20.2. The molecule has 0 bridgehead atoms. The molecule has 1 heterocycles.